The van der Waals surface area contributed by atoms with Crippen LogP contribution in [0.2, 0.25) is 0 Å². The molecular formula is C25H29N5O2. The molecule has 1 aliphatic heterocycles. The van der Waals surface area contributed by atoms with Crippen molar-refractivity contribution in [2.75, 3.05) is 48.8 Å². The zero-order valence-electron chi connectivity index (χ0n) is 18.3. The van der Waals surface area contributed by atoms with E-state index in [-0.39, 0.29) is 6.03 Å². The van der Waals surface area contributed by atoms with E-state index in [1.54, 1.807) is 37.6 Å². The second kappa shape index (κ2) is 10.6. The number of methoxy groups -OCH3 is 1. The molecule has 4 rings (SSSR count). The number of hydrogen-bond donors (Lipinski definition) is 2. The molecule has 1 saturated heterocycles. The van der Waals surface area contributed by atoms with Crippen LogP contribution in [0.3, 0.4) is 0 Å². The van der Waals surface area contributed by atoms with Crippen LogP contribution < -0.4 is 20.3 Å². The molecule has 2 N–H and O–H groups in total. The molecule has 2 heterocycles. The van der Waals surface area contributed by atoms with Crippen molar-refractivity contribution < 1.29 is 9.53 Å². The third-order valence-electron chi connectivity index (χ3n) is 5.52. The minimum absolute atomic E-state index is 0.309. The van der Waals surface area contributed by atoms with Gasteiger partial charge in [-0.25, -0.2) is 9.78 Å². The predicted octanol–water partition coefficient (Wildman–Crippen LogP) is 4.45. The van der Waals surface area contributed by atoms with E-state index in [0.717, 1.165) is 50.7 Å². The molecular weight excluding hydrogens is 402 g/mol. The molecule has 7 heteroatoms. The molecule has 1 aliphatic rings. The monoisotopic (exact) mass is 431 g/mol. The Balaban J connectivity index is 1.28. The number of ether oxygens (including phenoxy) is 1. The van der Waals surface area contributed by atoms with Crippen LogP contribution in [-0.2, 0) is 6.54 Å². The summed E-state index contributed by atoms with van der Waals surface area (Å²) in [6.45, 7) is 4.97. The first-order valence-electron chi connectivity index (χ1n) is 10.9. The highest BCUT2D eigenvalue weighted by Gasteiger charge is 2.16. The van der Waals surface area contributed by atoms with E-state index in [0.29, 0.717) is 11.4 Å². The number of urea groups is 1. The largest absolute Gasteiger partial charge is 0.497 e. The van der Waals surface area contributed by atoms with Crippen molar-refractivity contribution in [1.82, 2.24) is 9.88 Å². The summed E-state index contributed by atoms with van der Waals surface area (Å²) in [5.41, 5.74) is 2.69. The van der Waals surface area contributed by atoms with Crippen LogP contribution in [0, 0.1) is 0 Å². The average Bonchev–Trinajstić information content (AvgIpc) is 3.06. The number of anilines is 3. The fraction of sp³-hybridized carbons (Fsp3) is 0.280. The first-order chi connectivity index (χ1) is 15.7. The summed E-state index contributed by atoms with van der Waals surface area (Å²) in [5, 5.41) is 5.63. The number of benzene rings is 2. The fourth-order valence-electron chi connectivity index (χ4n) is 3.81. The van der Waals surface area contributed by atoms with Gasteiger partial charge in [-0.3, -0.25) is 4.90 Å². The van der Waals surface area contributed by atoms with Gasteiger partial charge < -0.3 is 20.3 Å². The summed E-state index contributed by atoms with van der Waals surface area (Å²) in [6, 6.07) is 21.3. The van der Waals surface area contributed by atoms with Gasteiger partial charge >= 0.3 is 6.03 Å². The summed E-state index contributed by atoms with van der Waals surface area (Å²) in [5.74, 6) is 1.68. The zero-order valence-corrected chi connectivity index (χ0v) is 18.3. The molecule has 0 aliphatic carbocycles. The van der Waals surface area contributed by atoms with Gasteiger partial charge in [0.15, 0.2) is 0 Å². The van der Waals surface area contributed by atoms with Crippen molar-refractivity contribution in [3.05, 3.63) is 78.5 Å². The first-order valence-corrected chi connectivity index (χ1v) is 10.9. The van der Waals surface area contributed by atoms with Gasteiger partial charge in [-0.05, 0) is 48.4 Å². The Bertz CT molecular complexity index is 993. The van der Waals surface area contributed by atoms with E-state index >= 15 is 0 Å². The summed E-state index contributed by atoms with van der Waals surface area (Å²) < 4.78 is 5.13. The molecule has 7 nitrogen and oxygen atoms in total. The molecule has 32 heavy (non-hydrogen) atoms. The van der Waals surface area contributed by atoms with Gasteiger partial charge in [-0.2, -0.15) is 0 Å². The van der Waals surface area contributed by atoms with Gasteiger partial charge in [0.05, 0.1) is 19.0 Å². The van der Waals surface area contributed by atoms with Crippen molar-refractivity contribution in [3.8, 4) is 5.75 Å². The summed E-state index contributed by atoms with van der Waals surface area (Å²) in [4.78, 5) is 21.6. The van der Waals surface area contributed by atoms with Gasteiger partial charge in [0.1, 0.15) is 11.6 Å². The number of pyridine rings is 1. The van der Waals surface area contributed by atoms with Crippen LogP contribution in [0.1, 0.15) is 12.0 Å². The van der Waals surface area contributed by atoms with E-state index in [9.17, 15) is 4.79 Å². The molecule has 3 aromatic rings. The standard InChI is InChI=1S/C25H29N5O2/c1-32-23-11-8-21(9-12-23)27-25(31)28-22-10-13-24(26-18-22)30-15-5-14-29(16-17-30)19-20-6-3-2-4-7-20/h2-4,6-13,18H,5,14-17,19H2,1H3,(H2,27,28,31). The smallest absolute Gasteiger partial charge is 0.323 e. The number of carbonyl (C=O) groups excluding carboxylic acids is 1. The topological polar surface area (TPSA) is 69.7 Å². The van der Waals surface area contributed by atoms with Crippen molar-refractivity contribution >= 4 is 23.2 Å². The second-order valence-electron chi connectivity index (χ2n) is 7.82. The summed E-state index contributed by atoms with van der Waals surface area (Å²) in [7, 11) is 1.61. The highest BCUT2D eigenvalue weighted by molar-refractivity contribution is 5.99. The van der Waals surface area contributed by atoms with E-state index in [4.69, 9.17) is 4.74 Å². The van der Waals surface area contributed by atoms with E-state index in [2.05, 4.69) is 55.7 Å². The fourth-order valence-corrected chi connectivity index (χ4v) is 3.81. The second-order valence-corrected chi connectivity index (χ2v) is 7.82. The molecule has 2 aromatic carbocycles. The number of nitrogens with one attached hydrogen (secondary N) is 2. The lowest BCUT2D eigenvalue weighted by molar-refractivity contribution is 0.262. The molecule has 0 unspecified atom stereocenters. The molecule has 0 bridgehead atoms. The number of aromatic nitrogens is 1. The lowest BCUT2D eigenvalue weighted by atomic mass is 10.2. The lowest BCUT2D eigenvalue weighted by Gasteiger charge is -2.23. The number of nitrogens with zero attached hydrogens (tertiary/aromatic N) is 3. The van der Waals surface area contributed by atoms with Crippen LogP contribution in [0.4, 0.5) is 22.0 Å². The van der Waals surface area contributed by atoms with Crippen LogP contribution in [0.15, 0.2) is 72.9 Å². The maximum Gasteiger partial charge on any atom is 0.323 e. The third-order valence-corrected chi connectivity index (χ3v) is 5.52. The third kappa shape index (κ3) is 5.98. The predicted molar refractivity (Wildman–Crippen MR) is 128 cm³/mol. The molecule has 2 amide bonds. The highest BCUT2D eigenvalue weighted by Crippen LogP contribution is 2.18. The lowest BCUT2D eigenvalue weighted by Crippen LogP contribution is -2.31. The molecule has 1 fully saturated rings. The Labute approximate surface area is 189 Å². The molecule has 0 atom stereocenters. The molecule has 166 valence electrons. The van der Waals surface area contributed by atoms with Gasteiger partial charge in [0.2, 0.25) is 0 Å². The van der Waals surface area contributed by atoms with Gasteiger partial charge in [0.25, 0.3) is 0 Å². The summed E-state index contributed by atoms with van der Waals surface area (Å²) in [6.07, 6.45) is 2.80. The molecule has 0 radical (unpaired) electrons. The molecule has 1 aromatic heterocycles. The highest BCUT2D eigenvalue weighted by atomic mass is 16.5. The van der Waals surface area contributed by atoms with E-state index in [1.807, 2.05) is 12.1 Å². The Morgan fingerprint density at radius 3 is 2.38 bits per heavy atom. The Hall–Kier alpha value is -3.58. The summed E-state index contributed by atoms with van der Waals surface area (Å²) >= 11 is 0. The first kappa shape index (κ1) is 21.6. The average molecular weight is 432 g/mol. The van der Waals surface area contributed by atoms with Crippen LogP contribution in [0.5, 0.6) is 5.75 Å². The van der Waals surface area contributed by atoms with Crippen LogP contribution >= 0.6 is 0 Å². The molecule has 0 spiro atoms. The van der Waals surface area contributed by atoms with Crippen molar-refractivity contribution in [2.45, 2.75) is 13.0 Å². The van der Waals surface area contributed by atoms with Crippen LogP contribution in [-0.4, -0.2) is 49.2 Å². The minimum Gasteiger partial charge on any atom is -0.497 e. The Kier molecular flexibility index (Phi) is 7.19. The quantitative estimate of drug-likeness (QED) is 0.604. The minimum atomic E-state index is -0.309. The Morgan fingerprint density at radius 2 is 1.66 bits per heavy atom. The number of rotatable bonds is 6. The molecule has 0 saturated carbocycles. The van der Waals surface area contributed by atoms with Gasteiger partial charge in [-0.1, -0.05) is 30.3 Å². The van der Waals surface area contributed by atoms with Crippen molar-refractivity contribution in [2.24, 2.45) is 0 Å². The van der Waals surface area contributed by atoms with Crippen molar-refractivity contribution in [3.63, 3.8) is 0 Å². The number of hydrogen-bond acceptors (Lipinski definition) is 5. The van der Waals surface area contributed by atoms with Crippen molar-refractivity contribution in [1.29, 1.82) is 0 Å². The van der Waals surface area contributed by atoms with Gasteiger partial charge in [0, 0.05) is 38.4 Å². The number of amides is 2. The maximum atomic E-state index is 12.3. The normalized spacial score (nSPS) is 14.5. The SMILES string of the molecule is COc1ccc(NC(=O)Nc2ccc(N3CCCN(Cc4ccccc4)CC3)nc2)cc1. The van der Waals surface area contributed by atoms with E-state index in [1.165, 1.54) is 5.56 Å². The Morgan fingerprint density at radius 1 is 0.906 bits per heavy atom. The number of carbonyl (C=O) groups is 1. The van der Waals surface area contributed by atoms with Crippen LogP contribution in [0.25, 0.3) is 0 Å². The van der Waals surface area contributed by atoms with Gasteiger partial charge in [-0.15, -0.1) is 0 Å². The van der Waals surface area contributed by atoms with E-state index < -0.39 is 0 Å². The zero-order chi connectivity index (χ0) is 22.2. The maximum absolute atomic E-state index is 12.3.